The fourth-order valence-electron chi connectivity index (χ4n) is 12.9. The Morgan fingerprint density at radius 1 is 0.448 bits per heavy atom. The van der Waals surface area contributed by atoms with Crippen LogP contribution in [0.15, 0.2) is 415 Å². The number of carboxylic acid groups (broad SMARTS) is 2. The number of hydroxylamine groups is 2. The molecule has 1 heterocycles. The number of hydrogen-bond acceptors (Lipinski definition) is 17. The third kappa shape index (κ3) is 40.3. The molecule has 0 unspecified atom stereocenters. The molecule has 1 aliphatic rings. The minimum Gasteiger partial charge on any atom is -0.550 e. The quantitative estimate of drug-likeness (QED) is 0.00554. The van der Waals surface area contributed by atoms with Gasteiger partial charge in [-0.2, -0.15) is 10.6 Å². The van der Waals surface area contributed by atoms with Gasteiger partial charge in [0.2, 0.25) is 11.8 Å². The van der Waals surface area contributed by atoms with Gasteiger partial charge in [0.05, 0.1) is 31.3 Å². The standard InChI is InChI=1S/C22H22N3O2P.C19H18NO4P.C17H18O2.C15H16NO2P.2C10H12O2.C7H7N3.C7H8N2/c26-22(24-25-23-18-19-10-4-1-5-11-19)16-17-28(27,20-12-6-2-7-13-20)21-14-8-3-9-15-21;21-17-11-12-18(22)20(17)24-19(23)13-14-25(15-7-3-1-4-8-15)16-9-5-2-6-10-16;1-14(12-15-8-4-2-5-9-15)17(18)19-13-16-10-6-3-7-11-16;16-15(17)11-12-19(18,13-7-3-1-4-8-13)14-9-5-2-6-10-14;2*1-8(10(11)12)7-9-5-3-2-4-6-9;8-10-9-6-7-4-2-1-3-5-7;8-9-6-7-4-2-1-3-5-7/h1-15H,16-18H2,(H,23,24,26);1-10H,11-14H2;2-11,14H,12-13H2,1H3;1-10H,11-12H2,(H2,16,17);2*2-6,8H,7H2,1H3,(H,11,12);1-5H,6H2;1-5,8H,6H2/t;;14-;;2*8-;;/m..0.00../s1. The highest BCUT2D eigenvalue weighted by atomic mass is 31.2. The second-order valence-electron chi connectivity index (χ2n) is 30.5. The van der Waals surface area contributed by atoms with Crippen molar-refractivity contribution in [2.75, 3.05) is 18.5 Å². The number of carboxylic acids is 2. The lowest BCUT2D eigenvalue weighted by atomic mass is 10.0. The Labute approximate surface area is 784 Å². The van der Waals surface area contributed by atoms with Crippen LogP contribution in [0.1, 0.15) is 91.8 Å². The van der Waals surface area contributed by atoms with Crippen molar-refractivity contribution in [3.63, 3.8) is 0 Å². The summed E-state index contributed by atoms with van der Waals surface area (Å²) in [7, 11) is -6.39. The molecule has 6 N–H and O–H groups in total. The molecule has 0 aliphatic carbocycles. The molecule has 24 nitrogen and oxygen atoms in total. The van der Waals surface area contributed by atoms with Crippen molar-refractivity contribution >= 4 is 102 Å². The zero-order valence-corrected chi connectivity index (χ0v) is 77.9. The summed E-state index contributed by atoms with van der Waals surface area (Å²) in [6.45, 7) is 7.07. The summed E-state index contributed by atoms with van der Waals surface area (Å²) >= 11 is 0. The van der Waals surface area contributed by atoms with Crippen molar-refractivity contribution in [1.82, 2.24) is 10.5 Å². The number of aliphatic carboxylic acids is 2. The molecular weight excluding hydrogens is 1740 g/mol. The smallest absolute Gasteiger partial charge is 0.333 e. The highest BCUT2D eigenvalue weighted by molar-refractivity contribution is 7.79. The van der Waals surface area contributed by atoms with E-state index in [-0.39, 0.29) is 68.1 Å². The predicted molar refractivity (Wildman–Crippen MR) is 527 cm³/mol. The van der Waals surface area contributed by atoms with Gasteiger partial charge in [-0.25, -0.2) is 10.2 Å². The number of nitrogens with zero attached hydrogens (tertiary/aromatic N) is 7. The Morgan fingerprint density at radius 2 is 0.761 bits per heavy atom. The minimum atomic E-state index is -2.90. The van der Waals surface area contributed by atoms with Gasteiger partial charge < -0.3 is 39.4 Å². The molecule has 0 bridgehead atoms. The number of carbonyl (C=O) groups is 8. The van der Waals surface area contributed by atoms with E-state index in [0.29, 0.717) is 56.7 Å². The molecule has 0 spiro atoms. The van der Waals surface area contributed by atoms with Gasteiger partial charge in [-0.15, -0.1) is 5.06 Å². The largest absolute Gasteiger partial charge is 0.550 e. The Balaban J connectivity index is 0.000000215. The lowest BCUT2D eigenvalue weighted by Crippen LogP contribution is -2.32. The van der Waals surface area contributed by atoms with Gasteiger partial charge in [0.15, 0.2) is 0 Å². The third-order valence-corrected chi connectivity index (χ3v) is 28.9. The van der Waals surface area contributed by atoms with E-state index in [0.717, 1.165) is 60.2 Å². The molecule has 0 saturated carbocycles. The maximum absolute atomic E-state index is 13.8. The fraction of sp³-hybridized carbons (Fsp3) is 0.196. The molecule has 0 aromatic heterocycles. The Kier molecular flexibility index (Phi) is 48.4. The number of amides is 4. The third-order valence-electron chi connectivity index (χ3n) is 20.1. The first-order valence-electron chi connectivity index (χ1n) is 43.5. The summed E-state index contributed by atoms with van der Waals surface area (Å²) in [5.41, 5.74) is 28.1. The van der Waals surface area contributed by atoms with Crippen LogP contribution in [0.3, 0.4) is 0 Å². The number of hydrogen-bond donors (Lipinski definition) is 4. The van der Waals surface area contributed by atoms with Crippen LogP contribution in [0.5, 0.6) is 0 Å². The Bertz CT molecular complexity index is 5630. The molecule has 13 aromatic carbocycles. The van der Waals surface area contributed by atoms with E-state index < -0.39 is 63.8 Å². The first-order chi connectivity index (χ1) is 65.0. The summed E-state index contributed by atoms with van der Waals surface area (Å²) in [5.74, 6) is -4.88. The molecule has 13 aromatic rings. The number of esters is 1. The molecule has 1 saturated heterocycles. The maximum Gasteiger partial charge on any atom is 0.333 e. The zero-order chi connectivity index (χ0) is 96.2. The van der Waals surface area contributed by atoms with E-state index in [9.17, 15) is 52.6 Å². The van der Waals surface area contributed by atoms with E-state index in [2.05, 4.69) is 55.2 Å². The number of imide groups is 1. The summed E-state index contributed by atoms with van der Waals surface area (Å²) in [6.07, 6.45) is 3.56. The lowest BCUT2D eigenvalue weighted by molar-refractivity contribution is -0.311. The van der Waals surface area contributed by atoms with Crippen molar-refractivity contribution in [3.8, 4) is 0 Å². The number of benzene rings is 13. The van der Waals surface area contributed by atoms with E-state index in [4.69, 9.17) is 31.5 Å². The Hall–Kier alpha value is -14.8. The Morgan fingerprint density at radius 3 is 1.10 bits per heavy atom. The van der Waals surface area contributed by atoms with Crippen LogP contribution >= 0.6 is 22.2 Å². The second-order valence-corrected chi connectivity index (χ2v) is 38.8. The first kappa shape index (κ1) is 106. The number of azide groups is 1. The summed E-state index contributed by atoms with van der Waals surface area (Å²) in [4.78, 5) is 98.8. The van der Waals surface area contributed by atoms with E-state index in [1.807, 2.05) is 377 Å². The van der Waals surface area contributed by atoms with Crippen LogP contribution in [0, 0.1) is 17.8 Å². The van der Waals surface area contributed by atoms with Crippen LogP contribution < -0.4 is 53.6 Å². The zero-order valence-electron chi connectivity index (χ0n) is 75.2. The van der Waals surface area contributed by atoms with Gasteiger partial charge in [0.1, 0.15) is 27.4 Å². The average molecular weight is 1860 g/mol. The van der Waals surface area contributed by atoms with Crippen molar-refractivity contribution in [2.24, 2.45) is 44.1 Å². The highest BCUT2D eigenvalue weighted by Crippen LogP contribution is 2.45. The molecule has 3 atom stereocenters. The van der Waals surface area contributed by atoms with Gasteiger partial charge in [-0.05, 0) is 99.5 Å². The lowest BCUT2D eigenvalue weighted by Gasteiger charge is -2.19. The van der Waals surface area contributed by atoms with Crippen LogP contribution in [0.2, 0.25) is 0 Å². The number of nitrogens with one attached hydrogen (secondary N) is 1. The molecule has 27 heteroatoms. The molecule has 1 fully saturated rings. The van der Waals surface area contributed by atoms with E-state index >= 15 is 0 Å². The summed E-state index contributed by atoms with van der Waals surface area (Å²) < 4.78 is 32.4. The average Bonchev–Trinajstić information content (AvgIpc) is 0.832. The van der Waals surface area contributed by atoms with Crippen molar-refractivity contribution < 1.29 is 72.8 Å². The minimum absolute atomic E-state index is 0.103. The molecule has 1 aliphatic heterocycles. The molecule has 690 valence electrons. The molecule has 134 heavy (non-hydrogen) atoms. The van der Waals surface area contributed by atoms with Gasteiger partial charge in [-0.1, -0.05) is 425 Å². The highest BCUT2D eigenvalue weighted by Gasteiger charge is 2.34. The molecule has 14 rings (SSSR count). The molecule has 0 radical (unpaired) electrons. The summed E-state index contributed by atoms with van der Waals surface area (Å²) in [5, 5.41) is 39.7. The van der Waals surface area contributed by atoms with Crippen molar-refractivity contribution in [3.05, 3.63) is 444 Å². The van der Waals surface area contributed by atoms with Crippen LogP contribution in [-0.2, 0) is 103 Å². The molecule has 4 amide bonds. The van der Waals surface area contributed by atoms with E-state index in [1.165, 1.54) is 10.6 Å². The predicted octanol–water partition coefficient (Wildman–Crippen LogP) is 17.1. The number of ether oxygens (including phenoxy) is 1. The van der Waals surface area contributed by atoms with Gasteiger partial charge in [-0.3, -0.25) is 28.8 Å². The van der Waals surface area contributed by atoms with Crippen LogP contribution in [0.4, 0.5) is 0 Å². The SMILES string of the molecule is C[C@@H](Cc1ccccc1)C(=O)O.C[C@@H](Cc1ccccc1)C(=O)OCc1ccccc1.C[C@@H](Cc1ccccc1)C(=O)[O-].NC(=O)CCP(=O)(c1ccccc1)c1ccccc1.O=C(CCP(=O)(c1ccccc1)c1ccccc1)NN=NCc1ccccc1.O=C(CCP(c1ccccc1)c1ccccc1)ON1C(=O)CCC1=O.[N-]=[N+]=NCc1ccccc1.[NH2+]=NCc1ccccc1. The monoisotopic (exact) mass is 1850 g/mol. The van der Waals surface area contributed by atoms with E-state index in [1.54, 1.807) is 13.8 Å². The molecular formula is C107H113N10O14P3. The normalized spacial score (nSPS) is 11.7. The number of nitrogens with two attached hydrogens (primary N) is 2. The summed E-state index contributed by atoms with van der Waals surface area (Å²) in [6, 6.07) is 125. The second kappa shape index (κ2) is 61.0. The number of primary amides is 1. The maximum atomic E-state index is 13.8. The number of rotatable bonds is 34. The van der Waals surface area contributed by atoms with Gasteiger partial charge in [0, 0.05) is 70.1 Å². The van der Waals surface area contributed by atoms with Crippen LogP contribution in [-0.4, -0.2) is 76.2 Å². The fourth-order valence-corrected chi connectivity index (χ4v) is 20.5. The van der Waals surface area contributed by atoms with Gasteiger partial charge in [0.25, 0.3) is 11.8 Å². The van der Waals surface area contributed by atoms with Crippen molar-refractivity contribution in [1.29, 1.82) is 0 Å². The first-order valence-corrected chi connectivity index (χ1v) is 48.8. The van der Waals surface area contributed by atoms with Gasteiger partial charge >= 0.3 is 17.9 Å². The van der Waals surface area contributed by atoms with Crippen molar-refractivity contribution in [2.45, 2.75) is 98.4 Å². The topological polar surface area (TPSA) is 385 Å². The number of carbonyl (C=O) groups excluding carboxylic acids is 7. The van der Waals surface area contributed by atoms with Crippen LogP contribution in [0.25, 0.3) is 10.4 Å².